The lowest BCUT2D eigenvalue weighted by molar-refractivity contribution is -0.142. The standard InChI is InChI=1S/C31H25N3O3/c1-37-31(36)27(19-21-11-5-2-6-12-21)34-30(35)24-17-18-25-26(20-24)33-29(23-15-9-4-10-16-23)28(32-25)22-13-7-3-8-14-22/h2-18,20,27H,19H2,1H3,(H,34,35). The summed E-state index contributed by atoms with van der Waals surface area (Å²) in [5.74, 6) is -0.889. The van der Waals surface area contributed by atoms with Crippen LogP contribution in [0.3, 0.4) is 0 Å². The Hall–Kier alpha value is -4.84. The molecular formula is C31H25N3O3. The summed E-state index contributed by atoms with van der Waals surface area (Å²) in [5, 5.41) is 2.82. The van der Waals surface area contributed by atoms with Crippen LogP contribution in [0.5, 0.6) is 0 Å². The van der Waals surface area contributed by atoms with E-state index in [0.717, 1.165) is 28.1 Å². The third-order valence-electron chi connectivity index (χ3n) is 6.09. The lowest BCUT2D eigenvalue weighted by atomic mass is 10.0. The van der Waals surface area contributed by atoms with Crippen LogP contribution in [0, 0.1) is 0 Å². The molecule has 0 aliphatic carbocycles. The summed E-state index contributed by atoms with van der Waals surface area (Å²) >= 11 is 0. The number of benzene rings is 4. The van der Waals surface area contributed by atoms with Crippen molar-refractivity contribution in [3.05, 3.63) is 120 Å². The molecule has 0 saturated heterocycles. The number of carbonyl (C=O) groups excluding carboxylic acids is 2. The maximum absolute atomic E-state index is 13.2. The zero-order valence-electron chi connectivity index (χ0n) is 20.3. The topological polar surface area (TPSA) is 81.2 Å². The quantitative estimate of drug-likeness (QED) is 0.308. The first-order valence-electron chi connectivity index (χ1n) is 12.0. The van der Waals surface area contributed by atoms with Gasteiger partial charge in [-0.1, -0.05) is 91.0 Å². The number of nitrogens with zero attached hydrogens (tertiary/aromatic N) is 2. The van der Waals surface area contributed by atoms with Crippen LogP contribution >= 0.6 is 0 Å². The Kier molecular flexibility index (Phi) is 6.99. The lowest BCUT2D eigenvalue weighted by Crippen LogP contribution is -2.43. The number of aromatic nitrogens is 2. The van der Waals surface area contributed by atoms with Crippen LogP contribution in [0.2, 0.25) is 0 Å². The summed E-state index contributed by atoms with van der Waals surface area (Å²) in [4.78, 5) is 35.4. The number of hydrogen-bond donors (Lipinski definition) is 1. The van der Waals surface area contributed by atoms with E-state index in [1.165, 1.54) is 7.11 Å². The van der Waals surface area contributed by atoms with E-state index in [0.29, 0.717) is 23.0 Å². The minimum atomic E-state index is -0.818. The third-order valence-corrected chi connectivity index (χ3v) is 6.09. The van der Waals surface area contributed by atoms with Gasteiger partial charge in [-0.2, -0.15) is 0 Å². The van der Waals surface area contributed by atoms with Crippen molar-refractivity contribution in [1.29, 1.82) is 0 Å². The second-order valence-corrected chi connectivity index (χ2v) is 8.60. The molecule has 6 nitrogen and oxygen atoms in total. The Morgan fingerprint density at radius 2 is 1.27 bits per heavy atom. The van der Waals surface area contributed by atoms with E-state index in [4.69, 9.17) is 14.7 Å². The highest BCUT2D eigenvalue weighted by molar-refractivity contribution is 6.00. The summed E-state index contributed by atoms with van der Waals surface area (Å²) in [6.07, 6.45) is 0.325. The predicted molar refractivity (Wildman–Crippen MR) is 144 cm³/mol. The van der Waals surface area contributed by atoms with Gasteiger partial charge >= 0.3 is 5.97 Å². The number of methoxy groups -OCH3 is 1. The number of nitrogens with one attached hydrogen (secondary N) is 1. The van der Waals surface area contributed by atoms with Crippen molar-refractivity contribution in [3.8, 4) is 22.5 Å². The van der Waals surface area contributed by atoms with E-state index in [-0.39, 0.29) is 5.91 Å². The molecule has 5 rings (SSSR count). The molecular weight excluding hydrogens is 462 g/mol. The van der Waals surface area contributed by atoms with Crippen molar-refractivity contribution in [2.24, 2.45) is 0 Å². The maximum atomic E-state index is 13.2. The number of carbonyl (C=O) groups is 2. The molecule has 1 heterocycles. The molecule has 0 spiro atoms. The van der Waals surface area contributed by atoms with Gasteiger partial charge in [-0.05, 0) is 23.8 Å². The van der Waals surface area contributed by atoms with Gasteiger partial charge in [0, 0.05) is 23.1 Å². The first kappa shape index (κ1) is 23.9. The molecule has 0 aliphatic rings. The first-order chi connectivity index (χ1) is 18.1. The van der Waals surface area contributed by atoms with Crippen molar-refractivity contribution in [3.63, 3.8) is 0 Å². The van der Waals surface area contributed by atoms with E-state index < -0.39 is 12.0 Å². The van der Waals surface area contributed by atoms with Gasteiger partial charge in [-0.3, -0.25) is 4.79 Å². The van der Waals surface area contributed by atoms with Gasteiger partial charge in [-0.25, -0.2) is 14.8 Å². The summed E-state index contributed by atoms with van der Waals surface area (Å²) in [6.45, 7) is 0. The number of esters is 1. The summed E-state index contributed by atoms with van der Waals surface area (Å²) in [5.41, 5.74) is 5.95. The van der Waals surface area contributed by atoms with E-state index in [9.17, 15) is 9.59 Å². The molecule has 1 unspecified atom stereocenters. The molecule has 1 amide bonds. The Balaban J connectivity index is 1.50. The minimum absolute atomic E-state index is 0.325. The average molecular weight is 488 g/mol. The fraction of sp³-hybridized carbons (Fsp3) is 0.0968. The van der Waals surface area contributed by atoms with Gasteiger partial charge in [0.25, 0.3) is 5.91 Å². The van der Waals surface area contributed by atoms with Gasteiger partial charge in [0.1, 0.15) is 6.04 Å². The maximum Gasteiger partial charge on any atom is 0.328 e. The minimum Gasteiger partial charge on any atom is -0.467 e. The monoisotopic (exact) mass is 487 g/mol. The third kappa shape index (κ3) is 5.38. The molecule has 1 aromatic heterocycles. The number of fused-ring (bicyclic) bond motifs is 1. The second-order valence-electron chi connectivity index (χ2n) is 8.60. The Labute approximate surface area is 215 Å². The average Bonchev–Trinajstić information content (AvgIpc) is 2.96. The number of rotatable bonds is 7. The van der Waals surface area contributed by atoms with E-state index in [2.05, 4.69) is 5.32 Å². The fourth-order valence-electron chi connectivity index (χ4n) is 4.22. The van der Waals surface area contributed by atoms with Crippen molar-refractivity contribution in [2.45, 2.75) is 12.5 Å². The molecule has 0 fully saturated rings. The number of hydrogen-bond acceptors (Lipinski definition) is 5. The van der Waals surface area contributed by atoms with Crippen LogP contribution in [0.1, 0.15) is 15.9 Å². The van der Waals surface area contributed by atoms with Crippen molar-refractivity contribution in [2.75, 3.05) is 7.11 Å². The van der Waals surface area contributed by atoms with Gasteiger partial charge in [0.05, 0.1) is 29.5 Å². The summed E-state index contributed by atoms with van der Waals surface area (Å²) in [7, 11) is 1.31. The molecule has 5 aromatic rings. The highest BCUT2D eigenvalue weighted by Crippen LogP contribution is 2.31. The molecule has 0 radical (unpaired) electrons. The highest BCUT2D eigenvalue weighted by atomic mass is 16.5. The van der Waals surface area contributed by atoms with E-state index >= 15 is 0 Å². The summed E-state index contributed by atoms with van der Waals surface area (Å²) in [6, 6.07) is 33.6. The second kappa shape index (κ2) is 10.8. The zero-order valence-corrected chi connectivity index (χ0v) is 20.3. The SMILES string of the molecule is COC(=O)C(Cc1ccccc1)NC(=O)c1ccc2nc(-c3ccccc3)c(-c3ccccc3)nc2c1. The normalized spacial score (nSPS) is 11.6. The van der Waals surface area contributed by atoms with Crippen molar-refractivity contribution < 1.29 is 14.3 Å². The zero-order chi connectivity index (χ0) is 25.6. The number of ether oxygens (including phenoxy) is 1. The highest BCUT2D eigenvalue weighted by Gasteiger charge is 2.23. The lowest BCUT2D eigenvalue weighted by Gasteiger charge is -2.17. The van der Waals surface area contributed by atoms with Gasteiger partial charge in [0.15, 0.2) is 0 Å². The molecule has 182 valence electrons. The van der Waals surface area contributed by atoms with Crippen molar-refractivity contribution >= 4 is 22.9 Å². The Bertz CT molecular complexity index is 1540. The molecule has 37 heavy (non-hydrogen) atoms. The van der Waals surface area contributed by atoms with Gasteiger partial charge in [-0.15, -0.1) is 0 Å². The van der Waals surface area contributed by atoms with E-state index in [1.807, 2.05) is 91.0 Å². The molecule has 1 atom stereocenters. The largest absolute Gasteiger partial charge is 0.467 e. The fourth-order valence-corrected chi connectivity index (χ4v) is 4.22. The molecule has 0 bridgehead atoms. The molecule has 6 heteroatoms. The van der Waals surface area contributed by atoms with Crippen LogP contribution in [0.15, 0.2) is 109 Å². The van der Waals surface area contributed by atoms with Crippen LogP contribution in [-0.2, 0) is 16.0 Å². The predicted octanol–water partition coefficient (Wildman–Crippen LogP) is 5.48. The van der Waals surface area contributed by atoms with Crippen LogP contribution in [0.25, 0.3) is 33.5 Å². The molecule has 0 aliphatic heterocycles. The van der Waals surface area contributed by atoms with Crippen molar-refractivity contribution in [1.82, 2.24) is 15.3 Å². The summed E-state index contributed by atoms with van der Waals surface area (Å²) < 4.78 is 4.94. The van der Waals surface area contributed by atoms with E-state index in [1.54, 1.807) is 18.2 Å². The van der Waals surface area contributed by atoms with Crippen LogP contribution < -0.4 is 5.32 Å². The smallest absolute Gasteiger partial charge is 0.328 e. The number of amides is 1. The van der Waals surface area contributed by atoms with Crippen LogP contribution in [-0.4, -0.2) is 35.0 Å². The molecule has 4 aromatic carbocycles. The Morgan fingerprint density at radius 3 is 1.84 bits per heavy atom. The first-order valence-corrected chi connectivity index (χ1v) is 12.0. The Morgan fingerprint density at radius 1 is 0.730 bits per heavy atom. The molecule has 0 saturated carbocycles. The molecule has 1 N–H and O–H groups in total. The van der Waals surface area contributed by atoms with Gasteiger partial charge < -0.3 is 10.1 Å². The van der Waals surface area contributed by atoms with Crippen LogP contribution in [0.4, 0.5) is 0 Å². The van der Waals surface area contributed by atoms with Gasteiger partial charge in [0.2, 0.25) is 0 Å².